The number of carbonyl (C=O) groups is 1. The number of ether oxygens (including phenoxy) is 2. The van der Waals surface area contributed by atoms with Gasteiger partial charge in [-0.2, -0.15) is 0 Å². The number of hydrogen-bond donors (Lipinski definition) is 2. The summed E-state index contributed by atoms with van der Waals surface area (Å²) in [6.07, 6.45) is -0.277. The van der Waals surface area contributed by atoms with Gasteiger partial charge in [-0.1, -0.05) is 12.1 Å². The van der Waals surface area contributed by atoms with Crippen molar-refractivity contribution in [1.82, 2.24) is 4.90 Å². The van der Waals surface area contributed by atoms with E-state index in [2.05, 4.69) is 0 Å². The molecular formula is C16H23NO5. The lowest BCUT2D eigenvalue weighted by Gasteiger charge is -2.33. The molecule has 0 spiro atoms. The van der Waals surface area contributed by atoms with Crippen LogP contribution in [0.1, 0.15) is 13.3 Å². The van der Waals surface area contributed by atoms with Gasteiger partial charge in [-0.3, -0.25) is 9.69 Å². The summed E-state index contributed by atoms with van der Waals surface area (Å²) in [5, 5.41) is 18.8. The van der Waals surface area contributed by atoms with Crippen LogP contribution < -0.4 is 9.47 Å². The third kappa shape index (κ3) is 4.35. The van der Waals surface area contributed by atoms with Crippen LogP contribution in [0.2, 0.25) is 0 Å². The van der Waals surface area contributed by atoms with Crippen LogP contribution in [0, 0.1) is 5.92 Å². The molecular weight excluding hydrogens is 286 g/mol. The highest BCUT2D eigenvalue weighted by Crippen LogP contribution is 2.26. The first-order valence-corrected chi connectivity index (χ1v) is 7.59. The van der Waals surface area contributed by atoms with Crippen molar-refractivity contribution < 1.29 is 24.5 Å². The van der Waals surface area contributed by atoms with Crippen LogP contribution in [0.4, 0.5) is 0 Å². The van der Waals surface area contributed by atoms with Crippen LogP contribution in [0.3, 0.4) is 0 Å². The average molecular weight is 309 g/mol. The first kappa shape index (κ1) is 16.6. The minimum atomic E-state index is -0.945. The topological polar surface area (TPSA) is 79.2 Å². The number of likely N-dealkylation sites (tertiary alicyclic amines) is 1. The fourth-order valence-electron chi connectivity index (χ4n) is 2.58. The van der Waals surface area contributed by atoms with Crippen molar-refractivity contribution in [2.75, 3.05) is 32.8 Å². The zero-order chi connectivity index (χ0) is 15.9. The Morgan fingerprint density at radius 2 is 2.00 bits per heavy atom. The van der Waals surface area contributed by atoms with Gasteiger partial charge in [0.05, 0.1) is 18.6 Å². The molecule has 0 unspecified atom stereocenters. The summed E-state index contributed by atoms with van der Waals surface area (Å²) >= 11 is 0. The number of nitrogens with zero attached hydrogens (tertiary/aromatic N) is 1. The molecule has 0 radical (unpaired) electrons. The number of aliphatic carboxylic acids is 1. The summed E-state index contributed by atoms with van der Waals surface area (Å²) in [5.74, 6) is -0.261. The fraction of sp³-hybridized carbons (Fsp3) is 0.562. The van der Waals surface area contributed by atoms with Gasteiger partial charge in [0.25, 0.3) is 0 Å². The summed E-state index contributed by atoms with van der Waals surface area (Å²) in [5.41, 5.74) is 0. The van der Waals surface area contributed by atoms with Gasteiger partial charge in [0.15, 0.2) is 11.5 Å². The van der Waals surface area contributed by atoms with Crippen LogP contribution in [0.15, 0.2) is 24.3 Å². The Hall–Kier alpha value is -1.79. The summed E-state index contributed by atoms with van der Waals surface area (Å²) in [6.45, 7) is 4.60. The molecule has 2 N–H and O–H groups in total. The number of carboxylic acids is 1. The molecule has 6 nitrogen and oxygen atoms in total. The van der Waals surface area contributed by atoms with Crippen molar-refractivity contribution >= 4 is 5.97 Å². The Bertz CT molecular complexity index is 493. The van der Waals surface area contributed by atoms with Crippen molar-refractivity contribution in [3.05, 3.63) is 24.3 Å². The normalized spacial score (nSPS) is 22.3. The van der Waals surface area contributed by atoms with E-state index in [9.17, 15) is 9.90 Å². The quantitative estimate of drug-likeness (QED) is 0.789. The molecule has 1 fully saturated rings. The van der Waals surface area contributed by atoms with Gasteiger partial charge in [-0.25, -0.2) is 0 Å². The second kappa shape index (κ2) is 8.00. The molecule has 1 aliphatic rings. The van der Waals surface area contributed by atoms with Gasteiger partial charge in [0.1, 0.15) is 6.61 Å². The highest BCUT2D eigenvalue weighted by molar-refractivity contribution is 5.71. The summed E-state index contributed by atoms with van der Waals surface area (Å²) in [4.78, 5) is 13.1. The zero-order valence-electron chi connectivity index (χ0n) is 12.8. The van der Waals surface area contributed by atoms with E-state index in [4.69, 9.17) is 14.6 Å². The third-order valence-electron chi connectivity index (χ3n) is 3.79. The molecule has 0 aliphatic carbocycles. The van der Waals surface area contributed by atoms with Crippen LogP contribution in [-0.2, 0) is 4.79 Å². The molecule has 0 aromatic heterocycles. The van der Waals surface area contributed by atoms with E-state index >= 15 is 0 Å². The average Bonchev–Trinajstić information content (AvgIpc) is 2.50. The predicted octanol–water partition coefficient (Wildman–Crippen LogP) is 1.23. The number of para-hydroxylation sites is 2. The number of piperidine rings is 1. The third-order valence-corrected chi connectivity index (χ3v) is 3.79. The Kier molecular flexibility index (Phi) is 6.03. The molecule has 1 aromatic rings. The summed E-state index contributed by atoms with van der Waals surface area (Å²) < 4.78 is 11.2. The van der Waals surface area contributed by atoms with Crippen molar-refractivity contribution in [3.63, 3.8) is 0 Å². The van der Waals surface area contributed by atoms with Crippen LogP contribution >= 0.6 is 0 Å². The van der Waals surface area contributed by atoms with E-state index in [1.807, 2.05) is 36.1 Å². The van der Waals surface area contributed by atoms with Crippen LogP contribution in [-0.4, -0.2) is 60.0 Å². The first-order chi connectivity index (χ1) is 10.6. The number of benzene rings is 1. The fourth-order valence-corrected chi connectivity index (χ4v) is 2.58. The maximum Gasteiger partial charge on any atom is 0.310 e. The van der Waals surface area contributed by atoms with E-state index < -0.39 is 18.0 Å². The highest BCUT2D eigenvalue weighted by atomic mass is 16.5. The molecule has 1 aliphatic heterocycles. The van der Waals surface area contributed by atoms with Gasteiger partial charge in [-0.05, 0) is 25.5 Å². The van der Waals surface area contributed by atoms with Gasteiger partial charge in [-0.15, -0.1) is 0 Å². The van der Waals surface area contributed by atoms with Gasteiger partial charge < -0.3 is 19.7 Å². The van der Waals surface area contributed by atoms with E-state index in [1.165, 1.54) is 0 Å². The molecule has 0 saturated carbocycles. The lowest BCUT2D eigenvalue weighted by Crippen LogP contribution is -2.47. The smallest absolute Gasteiger partial charge is 0.310 e. The van der Waals surface area contributed by atoms with E-state index in [0.717, 1.165) is 0 Å². The largest absolute Gasteiger partial charge is 0.490 e. The molecule has 1 aromatic carbocycles. The lowest BCUT2D eigenvalue weighted by atomic mass is 9.95. The second-order valence-corrected chi connectivity index (χ2v) is 5.33. The number of hydrogen-bond acceptors (Lipinski definition) is 5. The van der Waals surface area contributed by atoms with Crippen molar-refractivity contribution in [2.45, 2.75) is 19.4 Å². The number of carboxylic acid groups (broad SMARTS) is 1. The van der Waals surface area contributed by atoms with E-state index in [1.54, 1.807) is 0 Å². The Labute approximate surface area is 130 Å². The second-order valence-electron chi connectivity index (χ2n) is 5.33. The van der Waals surface area contributed by atoms with Crippen LogP contribution in [0.5, 0.6) is 11.5 Å². The van der Waals surface area contributed by atoms with Gasteiger partial charge in [0, 0.05) is 19.6 Å². The summed E-state index contributed by atoms with van der Waals surface area (Å²) in [6, 6.07) is 7.48. The van der Waals surface area contributed by atoms with Crippen molar-refractivity contribution in [1.29, 1.82) is 0 Å². The Balaban J connectivity index is 1.83. The molecule has 1 heterocycles. The number of rotatable bonds is 7. The predicted molar refractivity (Wildman–Crippen MR) is 81.3 cm³/mol. The molecule has 0 bridgehead atoms. The van der Waals surface area contributed by atoms with E-state index in [0.29, 0.717) is 50.8 Å². The van der Waals surface area contributed by atoms with Gasteiger partial charge >= 0.3 is 5.97 Å². The molecule has 122 valence electrons. The standard InChI is InChI=1S/C16H23NO5/c1-2-21-14-5-3-4-6-15(14)22-10-9-17-8-7-13(18)12(11-17)16(19)20/h3-6,12-13,18H,2,7-11H2,1H3,(H,19,20)/t12-,13-/m0/s1. The van der Waals surface area contributed by atoms with E-state index in [-0.39, 0.29) is 0 Å². The monoisotopic (exact) mass is 309 g/mol. The number of aliphatic hydroxyl groups excluding tert-OH is 1. The highest BCUT2D eigenvalue weighted by Gasteiger charge is 2.32. The molecule has 1 saturated heterocycles. The molecule has 0 amide bonds. The Morgan fingerprint density at radius 1 is 1.32 bits per heavy atom. The summed E-state index contributed by atoms with van der Waals surface area (Å²) in [7, 11) is 0. The van der Waals surface area contributed by atoms with Crippen LogP contribution in [0.25, 0.3) is 0 Å². The van der Waals surface area contributed by atoms with Crippen molar-refractivity contribution in [2.24, 2.45) is 5.92 Å². The lowest BCUT2D eigenvalue weighted by molar-refractivity contribution is -0.148. The number of aliphatic hydroxyl groups is 1. The first-order valence-electron chi connectivity index (χ1n) is 7.59. The SMILES string of the molecule is CCOc1ccccc1OCCN1CC[C@H](O)[C@@H](C(=O)O)C1. The minimum Gasteiger partial charge on any atom is -0.490 e. The zero-order valence-corrected chi connectivity index (χ0v) is 12.8. The molecule has 2 atom stereocenters. The molecule has 6 heteroatoms. The minimum absolute atomic E-state index is 0.354. The molecule has 22 heavy (non-hydrogen) atoms. The maximum absolute atomic E-state index is 11.1. The van der Waals surface area contributed by atoms with Gasteiger partial charge in [0.2, 0.25) is 0 Å². The van der Waals surface area contributed by atoms with Crippen molar-refractivity contribution in [3.8, 4) is 11.5 Å². The molecule has 2 rings (SSSR count). The maximum atomic E-state index is 11.1. The Morgan fingerprint density at radius 3 is 2.64 bits per heavy atom.